The highest BCUT2D eigenvalue weighted by atomic mass is 16.3. The number of hydrogen-bond acceptors (Lipinski definition) is 5. The van der Waals surface area contributed by atoms with E-state index in [-0.39, 0.29) is 24.8 Å². The van der Waals surface area contributed by atoms with Crippen molar-refractivity contribution in [3.05, 3.63) is 24.2 Å². The van der Waals surface area contributed by atoms with Gasteiger partial charge >= 0.3 is 0 Å². The highest BCUT2D eigenvalue weighted by molar-refractivity contribution is 5.94. The van der Waals surface area contributed by atoms with Crippen LogP contribution in [0.2, 0.25) is 0 Å². The van der Waals surface area contributed by atoms with Crippen LogP contribution in [0.25, 0.3) is 0 Å². The lowest BCUT2D eigenvalue weighted by Crippen LogP contribution is -2.50. The third-order valence-corrected chi connectivity index (χ3v) is 3.50. The summed E-state index contributed by atoms with van der Waals surface area (Å²) in [6.07, 6.45) is 4.46. The highest BCUT2D eigenvalue weighted by Crippen LogP contribution is 2.10. The van der Waals surface area contributed by atoms with Gasteiger partial charge in [0.1, 0.15) is 6.54 Å². The number of furan rings is 1. The van der Waals surface area contributed by atoms with E-state index in [1.807, 2.05) is 0 Å². The van der Waals surface area contributed by atoms with Crippen molar-refractivity contribution < 1.29 is 23.6 Å². The molecule has 0 unspecified atom stereocenters. The lowest BCUT2D eigenvalue weighted by atomic mass is 10.2. The molecule has 0 bridgehead atoms. The molecule has 0 atom stereocenters. The maximum absolute atomic E-state index is 11.8. The zero-order valence-corrected chi connectivity index (χ0v) is 13.2. The van der Waals surface area contributed by atoms with Crippen LogP contribution in [0.1, 0.15) is 36.2 Å². The second kappa shape index (κ2) is 8.70. The van der Waals surface area contributed by atoms with Crippen LogP contribution in [0, 0.1) is 0 Å². The maximum Gasteiger partial charge on any atom is 0.287 e. The summed E-state index contributed by atoms with van der Waals surface area (Å²) in [5.74, 6) is -1.58. The Hall–Kier alpha value is -2.84. The Morgan fingerprint density at radius 3 is 2.67 bits per heavy atom. The predicted octanol–water partition coefficient (Wildman–Crippen LogP) is -0.441. The van der Waals surface area contributed by atoms with Crippen LogP contribution in [0.4, 0.5) is 0 Å². The van der Waals surface area contributed by atoms with Gasteiger partial charge in [-0.05, 0) is 25.0 Å². The van der Waals surface area contributed by atoms with Crippen LogP contribution in [-0.4, -0.2) is 48.2 Å². The number of nitrogens with zero attached hydrogens (tertiary/aromatic N) is 1. The zero-order valence-electron chi connectivity index (χ0n) is 13.2. The molecule has 0 radical (unpaired) electrons. The first-order valence-corrected chi connectivity index (χ1v) is 7.73. The fourth-order valence-corrected chi connectivity index (χ4v) is 2.26. The minimum Gasteiger partial charge on any atom is -0.459 e. The first kappa shape index (κ1) is 17.5. The summed E-state index contributed by atoms with van der Waals surface area (Å²) in [4.78, 5) is 48.2. The molecule has 1 aromatic heterocycles. The average molecular weight is 336 g/mol. The Balaban J connectivity index is 1.66. The molecule has 1 fully saturated rings. The number of carbonyl (C=O) groups excluding carboxylic acids is 4. The fraction of sp³-hybridized carbons (Fsp3) is 0.467. The van der Waals surface area contributed by atoms with Crippen molar-refractivity contribution in [2.45, 2.75) is 25.7 Å². The van der Waals surface area contributed by atoms with Crippen molar-refractivity contribution in [3.8, 4) is 0 Å². The van der Waals surface area contributed by atoms with E-state index in [1.165, 1.54) is 17.2 Å². The molecule has 0 aromatic carbocycles. The molecule has 1 aliphatic rings. The smallest absolute Gasteiger partial charge is 0.287 e. The third kappa shape index (κ3) is 5.41. The topological polar surface area (TPSA) is 121 Å². The number of rotatable bonds is 5. The van der Waals surface area contributed by atoms with Gasteiger partial charge in [-0.2, -0.15) is 0 Å². The van der Waals surface area contributed by atoms with Crippen LogP contribution < -0.4 is 16.2 Å². The lowest BCUT2D eigenvalue weighted by molar-refractivity contribution is -0.136. The molecule has 4 amide bonds. The number of amides is 4. The molecule has 0 spiro atoms. The van der Waals surface area contributed by atoms with E-state index in [1.54, 1.807) is 6.07 Å². The van der Waals surface area contributed by atoms with Crippen LogP contribution >= 0.6 is 0 Å². The number of likely N-dealkylation sites (tertiary alicyclic amines) is 1. The van der Waals surface area contributed by atoms with Gasteiger partial charge in [0, 0.05) is 13.0 Å². The molecule has 130 valence electrons. The van der Waals surface area contributed by atoms with Crippen LogP contribution in [0.15, 0.2) is 22.8 Å². The molecule has 1 aromatic rings. The van der Waals surface area contributed by atoms with Gasteiger partial charge in [0.05, 0.1) is 12.8 Å². The van der Waals surface area contributed by atoms with Gasteiger partial charge in [-0.3, -0.25) is 30.0 Å². The number of nitrogens with one attached hydrogen (secondary N) is 3. The normalized spacial score (nSPS) is 14.7. The molecule has 0 aliphatic carbocycles. The Kier molecular flexibility index (Phi) is 6.35. The second-order valence-electron chi connectivity index (χ2n) is 5.38. The van der Waals surface area contributed by atoms with Crippen molar-refractivity contribution in [1.82, 2.24) is 21.1 Å². The van der Waals surface area contributed by atoms with E-state index >= 15 is 0 Å². The Morgan fingerprint density at radius 1 is 1.12 bits per heavy atom. The monoisotopic (exact) mass is 336 g/mol. The Labute approximate surface area is 138 Å². The summed E-state index contributed by atoms with van der Waals surface area (Å²) in [5.41, 5.74) is 4.40. The van der Waals surface area contributed by atoms with Crippen LogP contribution in [0.5, 0.6) is 0 Å². The number of hydrazine groups is 1. The van der Waals surface area contributed by atoms with Gasteiger partial charge in [0.15, 0.2) is 5.76 Å². The molecule has 9 heteroatoms. The van der Waals surface area contributed by atoms with Crippen molar-refractivity contribution in [2.24, 2.45) is 0 Å². The van der Waals surface area contributed by atoms with Crippen molar-refractivity contribution >= 4 is 23.6 Å². The van der Waals surface area contributed by atoms with Crippen molar-refractivity contribution in [2.75, 3.05) is 19.6 Å². The average Bonchev–Trinajstić information content (AvgIpc) is 3.03. The SMILES string of the molecule is O=C(CNC(=O)c1ccco1)NNC(=O)CN1CCCCCC1=O. The fourth-order valence-electron chi connectivity index (χ4n) is 2.26. The van der Waals surface area contributed by atoms with Gasteiger partial charge in [-0.15, -0.1) is 0 Å². The van der Waals surface area contributed by atoms with E-state index in [0.29, 0.717) is 13.0 Å². The van der Waals surface area contributed by atoms with E-state index in [9.17, 15) is 19.2 Å². The van der Waals surface area contributed by atoms with Gasteiger partial charge in [-0.1, -0.05) is 6.42 Å². The zero-order chi connectivity index (χ0) is 17.4. The summed E-state index contributed by atoms with van der Waals surface area (Å²) in [7, 11) is 0. The first-order valence-electron chi connectivity index (χ1n) is 7.73. The quantitative estimate of drug-likeness (QED) is 0.630. The molecule has 9 nitrogen and oxygen atoms in total. The minimum absolute atomic E-state index is 0.0558. The van der Waals surface area contributed by atoms with Crippen molar-refractivity contribution in [3.63, 3.8) is 0 Å². The predicted molar refractivity (Wildman–Crippen MR) is 82.4 cm³/mol. The first-order chi connectivity index (χ1) is 11.6. The summed E-state index contributed by atoms with van der Waals surface area (Å²) in [6.45, 7) is 0.125. The highest BCUT2D eigenvalue weighted by Gasteiger charge is 2.19. The van der Waals surface area contributed by atoms with Gasteiger partial charge in [0.25, 0.3) is 17.7 Å². The van der Waals surface area contributed by atoms with Gasteiger partial charge < -0.3 is 14.6 Å². The summed E-state index contributed by atoms with van der Waals surface area (Å²) < 4.78 is 4.88. The molecule has 2 rings (SSSR count). The van der Waals surface area contributed by atoms with Crippen molar-refractivity contribution in [1.29, 1.82) is 0 Å². The van der Waals surface area contributed by atoms with Gasteiger partial charge in [-0.25, -0.2) is 0 Å². The van der Waals surface area contributed by atoms with E-state index in [0.717, 1.165) is 19.3 Å². The molecule has 1 aliphatic heterocycles. The van der Waals surface area contributed by atoms with Crippen LogP contribution in [0.3, 0.4) is 0 Å². The Bertz CT molecular complexity index is 599. The Morgan fingerprint density at radius 2 is 1.92 bits per heavy atom. The lowest BCUT2D eigenvalue weighted by Gasteiger charge is -2.19. The molecule has 3 N–H and O–H groups in total. The minimum atomic E-state index is -0.592. The molecular formula is C15H20N4O5. The largest absolute Gasteiger partial charge is 0.459 e. The molecule has 24 heavy (non-hydrogen) atoms. The number of hydrogen-bond donors (Lipinski definition) is 3. The molecule has 2 heterocycles. The second-order valence-corrected chi connectivity index (χ2v) is 5.38. The standard InChI is InChI=1S/C15H20N4O5/c20-12(9-16-15(23)11-5-4-8-24-11)17-18-13(21)10-19-7-3-1-2-6-14(19)22/h4-5,8H,1-3,6-7,9-10H2,(H,16,23)(H,17,20)(H,18,21). The molecule has 1 saturated heterocycles. The molecule has 0 saturated carbocycles. The third-order valence-electron chi connectivity index (χ3n) is 3.50. The summed E-state index contributed by atoms with van der Waals surface area (Å²) >= 11 is 0. The molecular weight excluding hydrogens is 316 g/mol. The maximum atomic E-state index is 11.8. The van der Waals surface area contributed by atoms with E-state index in [2.05, 4.69) is 16.2 Å². The summed E-state index contributed by atoms with van der Waals surface area (Å²) in [6, 6.07) is 3.02. The van der Waals surface area contributed by atoms with E-state index in [4.69, 9.17) is 4.42 Å². The van der Waals surface area contributed by atoms with Crippen LogP contribution in [-0.2, 0) is 14.4 Å². The van der Waals surface area contributed by atoms with E-state index < -0.39 is 17.7 Å². The van der Waals surface area contributed by atoms with Gasteiger partial charge in [0.2, 0.25) is 5.91 Å². The summed E-state index contributed by atoms with van der Waals surface area (Å²) in [5, 5.41) is 2.34. The number of carbonyl (C=O) groups is 4.